The van der Waals surface area contributed by atoms with Gasteiger partial charge in [-0.2, -0.15) is 0 Å². The standard InChI is InChI=1S/C18H17N3O5S2/c22-16(19-12-4-2-1-3-5-12)10-27-15-7-6-11(8-14(15)21(25)26)17-20-13(9-28-17)18(23)24/h1-8,13,17,20H,9-10H2,(H,19,22)(H,23,24)/t13-,17-/m1/s1. The molecular formula is C18H17N3O5S2. The first-order chi connectivity index (χ1) is 13.4. The first-order valence-corrected chi connectivity index (χ1v) is 10.3. The number of amides is 1. The van der Waals surface area contributed by atoms with Crippen LogP contribution in [0.2, 0.25) is 0 Å². The smallest absolute Gasteiger partial charge is 0.321 e. The van der Waals surface area contributed by atoms with Gasteiger partial charge >= 0.3 is 5.97 Å². The number of hydrogen-bond donors (Lipinski definition) is 3. The summed E-state index contributed by atoms with van der Waals surface area (Å²) in [5.41, 5.74) is 1.20. The Morgan fingerprint density at radius 3 is 2.68 bits per heavy atom. The fraction of sp³-hybridized carbons (Fsp3) is 0.222. The zero-order valence-electron chi connectivity index (χ0n) is 14.5. The molecule has 0 spiro atoms. The van der Waals surface area contributed by atoms with Crippen LogP contribution < -0.4 is 10.6 Å². The SMILES string of the molecule is O=C(CSc1ccc([C@@H]2N[C@@H](C(=O)O)CS2)cc1[N+](=O)[O-])Nc1ccccc1. The predicted molar refractivity (Wildman–Crippen MR) is 109 cm³/mol. The van der Waals surface area contributed by atoms with Crippen molar-refractivity contribution >= 4 is 46.8 Å². The van der Waals surface area contributed by atoms with Gasteiger partial charge in [0, 0.05) is 17.5 Å². The highest BCUT2D eigenvalue weighted by atomic mass is 32.2. The number of carboxylic acid groups (broad SMARTS) is 1. The first-order valence-electron chi connectivity index (χ1n) is 8.30. The van der Waals surface area contributed by atoms with Gasteiger partial charge in [-0.3, -0.25) is 25.0 Å². The van der Waals surface area contributed by atoms with Crippen LogP contribution in [0.5, 0.6) is 0 Å². The molecule has 0 radical (unpaired) electrons. The van der Waals surface area contributed by atoms with Gasteiger partial charge in [0.25, 0.3) is 5.69 Å². The van der Waals surface area contributed by atoms with E-state index in [2.05, 4.69) is 10.6 Å². The minimum Gasteiger partial charge on any atom is -0.480 e. The van der Waals surface area contributed by atoms with Crippen LogP contribution in [0, 0.1) is 10.1 Å². The van der Waals surface area contributed by atoms with Crippen molar-refractivity contribution in [2.45, 2.75) is 16.3 Å². The second kappa shape index (κ2) is 9.09. The van der Waals surface area contributed by atoms with E-state index in [-0.39, 0.29) is 22.7 Å². The Hall–Kier alpha value is -2.56. The van der Waals surface area contributed by atoms with Crippen LogP contribution in [-0.4, -0.2) is 39.5 Å². The van der Waals surface area contributed by atoms with E-state index in [1.807, 2.05) is 6.07 Å². The number of anilines is 1. The molecule has 1 aliphatic rings. The number of para-hydroxylation sites is 1. The molecule has 1 heterocycles. The molecule has 0 bridgehead atoms. The maximum atomic E-state index is 12.1. The van der Waals surface area contributed by atoms with E-state index in [0.29, 0.717) is 21.9 Å². The summed E-state index contributed by atoms with van der Waals surface area (Å²) in [6, 6.07) is 13.0. The van der Waals surface area contributed by atoms with E-state index in [1.54, 1.807) is 36.4 Å². The lowest BCUT2D eigenvalue weighted by Gasteiger charge is -2.12. The quantitative estimate of drug-likeness (QED) is 0.356. The monoisotopic (exact) mass is 419 g/mol. The van der Waals surface area contributed by atoms with Gasteiger partial charge in [-0.05, 0) is 23.8 Å². The molecule has 0 unspecified atom stereocenters. The Morgan fingerprint density at radius 2 is 2.04 bits per heavy atom. The number of rotatable bonds is 7. The minimum absolute atomic E-state index is 0.0343. The molecule has 3 N–H and O–H groups in total. The molecule has 2 aromatic rings. The van der Waals surface area contributed by atoms with E-state index < -0.39 is 16.9 Å². The number of carbonyl (C=O) groups is 2. The van der Waals surface area contributed by atoms with E-state index >= 15 is 0 Å². The van der Waals surface area contributed by atoms with Gasteiger partial charge in [-0.1, -0.05) is 24.3 Å². The lowest BCUT2D eigenvalue weighted by molar-refractivity contribution is -0.387. The number of benzene rings is 2. The predicted octanol–water partition coefficient (Wildman–Crippen LogP) is 3.11. The number of hydrogen-bond acceptors (Lipinski definition) is 7. The summed E-state index contributed by atoms with van der Waals surface area (Å²) in [6.45, 7) is 0. The highest BCUT2D eigenvalue weighted by molar-refractivity contribution is 8.00. The first kappa shape index (κ1) is 20.2. The molecule has 1 saturated heterocycles. The molecule has 146 valence electrons. The minimum atomic E-state index is -0.943. The largest absolute Gasteiger partial charge is 0.480 e. The number of carboxylic acids is 1. The summed E-state index contributed by atoms with van der Waals surface area (Å²) in [6.07, 6.45) is 0. The Morgan fingerprint density at radius 1 is 1.29 bits per heavy atom. The lowest BCUT2D eigenvalue weighted by Crippen LogP contribution is -2.33. The van der Waals surface area contributed by atoms with Gasteiger partial charge in [0.15, 0.2) is 0 Å². The topological polar surface area (TPSA) is 122 Å². The second-order valence-corrected chi connectivity index (χ2v) is 8.11. The fourth-order valence-corrected chi connectivity index (χ4v) is 4.66. The normalized spacial score (nSPS) is 18.6. The van der Waals surface area contributed by atoms with Gasteiger partial charge in [-0.25, -0.2) is 0 Å². The Balaban J connectivity index is 1.67. The zero-order valence-corrected chi connectivity index (χ0v) is 16.2. The van der Waals surface area contributed by atoms with Crippen molar-refractivity contribution in [2.24, 2.45) is 0 Å². The molecule has 0 aromatic heterocycles. The van der Waals surface area contributed by atoms with Crippen molar-refractivity contribution in [1.82, 2.24) is 5.32 Å². The summed E-state index contributed by atoms with van der Waals surface area (Å²) >= 11 is 2.48. The Kier molecular flexibility index (Phi) is 6.55. The molecule has 0 saturated carbocycles. The van der Waals surface area contributed by atoms with E-state index in [0.717, 1.165) is 11.8 Å². The molecule has 1 amide bonds. The number of nitrogens with one attached hydrogen (secondary N) is 2. The number of aliphatic carboxylic acids is 1. The third-order valence-electron chi connectivity index (χ3n) is 3.98. The van der Waals surface area contributed by atoms with Crippen molar-refractivity contribution in [1.29, 1.82) is 0 Å². The number of thioether (sulfide) groups is 2. The number of nitro groups is 1. The van der Waals surface area contributed by atoms with Crippen molar-refractivity contribution in [3.05, 3.63) is 64.2 Å². The molecule has 3 rings (SSSR count). The van der Waals surface area contributed by atoms with E-state index in [1.165, 1.54) is 17.8 Å². The van der Waals surface area contributed by atoms with E-state index in [9.17, 15) is 19.7 Å². The molecule has 2 atom stereocenters. The molecule has 1 fully saturated rings. The maximum Gasteiger partial charge on any atom is 0.321 e. The van der Waals surface area contributed by atoms with Gasteiger partial charge in [-0.15, -0.1) is 23.5 Å². The Labute approximate surface area is 169 Å². The van der Waals surface area contributed by atoms with Gasteiger partial charge < -0.3 is 10.4 Å². The Bertz CT molecular complexity index is 894. The summed E-state index contributed by atoms with van der Waals surface area (Å²) in [7, 11) is 0. The molecule has 28 heavy (non-hydrogen) atoms. The van der Waals surface area contributed by atoms with Gasteiger partial charge in [0.05, 0.1) is 20.9 Å². The van der Waals surface area contributed by atoms with Crippen LogP contribution in [0.3, 0.4) is 0 Å². The fourth-order valence-electron chi connectivity index (χ4n) is 2.63. The number of carbonyl (C=O) groups excluding carboxylic acids is 1. The molecule has 1 aliphatic heterocycles. The van der Waals surface area contributed by atoms with Crippen LogP contribution in [0.4, 0.5) is 11.4 Å². The molecule has 10 heteroatoms. The van der Waals surface area contributed by atoms with Crippen molar-refractivity contribution in [2.75, 3.05) is 16.8 Å². The molecule has 0 aliphatic carbocycles. The summed E-state index contributed by atoms with van der Waals surface area (Å²) in [5.74, 6) is -0.774. The van der Waals surface area contributed by atoms with Gasteiger partial charge in [0.1, 0.15) is 6.04 Å². The third-order valence-corrected chi connectivity index (χ3v) is 6.31. The van der Waals surface area contributed by atoms with Crippen molar-refractivity contribution < 1.29 is 19.6 Å². The van der Waals surface area contributed by atoms with Crippen LogP contribution in [0.15, 0.2) is 53.4 Å². The molecule has 2 aromatic carbocycles. The molecular weight excluding hydrogens is 402 g/mol. The average molecular weight is 419 g/mol. The number of nitro benzene ring substituents is 1. The summed E-state index contributed by atoms with van der Waals surface area (Å²) in [4.78, 5) is 34.5. The average Bonchev–Trinajstić information content (AvgIpc) is 3.17. The summed E-state index contributed by atoms with van der Waals surface area (Å²) < 4.78 is 0. The highest BCUT2D eigenvalue weighted by Gasteiger charge is 2.31. The summed E-state index contributed by atoms with van der Waals surface area (Å²) in [5, 5.41) is 25.9. The van der Waals surface area contributed by atoms with Crippen LogP contribution in [0.25, 0.3) is 0 Å². The van der Waals surface area contributed by atoms with Crippen LogP contribution >= 0.6 is 23.5 Å². The lowest BCUT2D eigenvalue weighted by atomic mass is 10.2. The number of nitrogens with zero attached hydrogens (tertiary/aromatic N) is 1. The van der Waals surface area contributed by atoms with Crippen molar-refractivity contribution in [3.63, 3.8) is 0 Å². The second-order valence-electron chi connectivity index (χ2n) is 5.96. The third kappa shape index (κ3) is 5.03. The van der Waals surface area contributed by atoms with Gasteiger partial charge in [0.2, 0.25) is 5.91 Å². The van der Waals surface area contributed by atoms with E-state index in [4.69, 9.17) is 5.11 Å². The maximum absolute atomic E-state index is 12.1. The van der Waals surface area contributed by atoms with Crippen LogP contribution in [-0.2, 0) is 9.59 Å². The molecule has 8 nitrogen and oxygen atoms in total. The van der Waals surface area contributed by atoms with Crippen LogP contribution in [0.1, 0.15) is 10.9 Å². The zero-order chi connectivity index (χ0) is 20.1. The van der Waals surface area contributed by atoms with Crippen molar-refractivity contribution in [3.8, 4) is 0 Å². The highest BCUT2D eigenvalue weighted by Crippen LogP contribution is 2.37.